The normalized spacial score (nSPS) is 22.2. The Morgan fingerprint density at radius 2 is 1.85 bits per heavy atom. The van der Waals surface area contributed by atoms with Gasteiger partial charge in [-0.3, -0.25) is 0 Å². The van der Waals surface area contributed by atoms with Crippen LogP contribution in [0.15, 0.2) is 0 Å². The van der Waals surface area contributed by atoms with Gasteiger partial charge in [0.15, 0.2) is 0 Å². The van der Waals surface area contributed by atoms with Crippen LogP contribution in [0.25, 0.3) is 0 Å². The lowest BCUT2D eigenvalue weighted by atomic mass is 9.95. The summed E-state index contributed by atoms with van der Waals surface area (Å²) in [6, 6.07) is 1.46. The van der Waals surface area contributed by atoms with Crippen molar-refractivity contribution in [1.29, 1.82) is 0 Å². The highest BCUT2D eigenvalue weighted by molar-refractivity contribution is 4.74. The monoisotopic (exact) mass is 184 g/mol. The van der Waals surface area contributed by atoms with Gasteiger partial charge >= 0.3 is 0 Å². The van der Waals surface area contributed by atoms with Crippen LogP contribution < -0.4 is 5.32 Å². The van der Waals surface area contributed by atoms with E-state index in [2.05, 4.69) is 31.2 Å². The summed E-state index contributed by atoms with van der Waals surface area (Å²) in [5.41, 5.74) is 0. The fourth-order valence-electron chi connectivity index (χ4n) is 1.83. The van der Waals surface area contributed by atoms with Crippen LogP contribution in [-0.4, -0.2) is 37.6 Å². The summed E-state index contributed by atoms with van der Waals surface area (Å²) in [5, 5.41) is 3.66. The molecule has 1 saturated carbocycles. The number of hydrogen-bond acceptors (Lipinski definition) is 2. The highest BCUT2D eigenvalue weighted by Crippen LogP contribution is 2.17. The molecular weight excluding hydrogens is 160 g/mol. The van der Waals surface area contributed by atoms with Crippen LogP contribution in [0, 0.1) is 0 Å². The van der Waals surface area contributed by atoms with Gasteiger partial charge in [0, 0.05) is 18.6 Å². The number of nitrogens with zero attached hydrogens (tertiary/aromatic N) is 1. The molecule has 0 radical (unpaired) electrons. The van der Waals surface area contributed by atoms with Gasteiger partial charge in [0.1, 0.15) is 0 Å². The molecule has 1 atom stereocenters. The second-order valence-electron chi connectivity index (χ2n) is 4.56. The third kappa shape index (κ3) is 4.10. The van der Waals surface area contributed by atoms with Crippen LogP contribution in [0.4, 0.5) is 0 Å². The van der Waals surface area contributed by atoms with E-state index in [-0.39, 0.29) is 0 Å². The molecule has 1 aliphatic rings. The van der Waals surface area contributed by atoms with Crippen molar-refractivity contribution in [3.8, 4) is 0 Å². The molecule has 0 aromatic rings. The van der Waals surface area contributed by atoms with Gasteiger partial charge in [0.05, 0.1) is 0 Å². The maximum absolute atomic E-state index is 3.66. The first kappa shape index (κ1) is 11.0. The van der Waals surface area contributed by atoms with E-state index in [1.165, 1.54) is 32.1 Å². The van der Waals surface area contributed by atoms with Gasteiger partial charge < -0.3 is 10.2 Å². The zero-order valence-corrected chi connectivity index (χ0v) is 9.34. The average Bonchev–Trinajstić information content (AvgIpc) is 2.15. The number of rotatable bonds is 4. The fourth-order valence-corrected chi connectivity index (χ4v) is 1.83. The first-order valence-electron chi connectivity index (χ1n) is 5.60. The summed E-state index contributed by atoms with van der Waals surface area (Å²) in [5.74, 6) is 0. The number of hydrogen-bond donors (Lipinski definition) is 1. The van der Waals surface area contributed by atoms with Crippen LogP contribution in [0.3, 0.4) is 0 Å². The van der Waals surface area contributed by atoms with Crippen molar-refractivity contribution in [3.05, 3.63) is 0 Å². The topological polar surface area (TPSA) is 15.3 Å². The Hall–Kier alpha value is -0.0800. The van der Waals surface area contributed by atoms with Gasteiger partial charge in [-0.15, -0.1) is 0 Å². The molecule has 0 bridgehead atoms. The summed E-state index contributed by atoms with van der Waals surface area (Å²) in [7, 11) is 4.29. The minimum absolute atomic E-state index is 0.655. The molecule has 0 saturated heterocycles. The Bertz CT molecular complexity index is 128. The summed E-state index contributed by atoms with van der Waals surface area (Å²) < 4.78 is 0. The molecule has 13 heavy (non-hydrogen) atoms. The standard InChI is InChI=1S/C11H24N2/c1-10(13(2)3)9-12-11-7-5-4-6-8-11/h10-12H,4-9H2,1-3H3. The molecule has 0 spiro atoms. The predicted molar refractivity (Wildman–Crippen MR) is 58.0 cm³/mol. The van der Waals surface area contributed by atoms with Gasteiger partial charge in [0.25, 0.3) is 0 Å². The lowest BCUT2D eigenvalue weighted by molar-refractivity contribution is 0.277. The summed E-state index contributed by atoms with van der Waals surface area (Å²) in [4.78, 5) is 2.27. The third-order valence-corrected chi connectivity index (χ3v) is 3.19. The first-order valence-corrected chi connectivity index (χ1v) is 5.60. The molecule has 1 unspecified atom stereocenters. The molecule has 0 aromatic heterocycles. The molecule has 2 heteroatoms. The van der Waals surface area contributed by atoms with Gasteiger partial charge in [0.2, 0.25) is 0 Å². The van der Waals surface area contributed by atoms with Crippen LogP contribution in [-0.2, 0) is 0 Å². The van der Waals surface area contributed by atoms with E-state index in [9.17, 15) is 0 Å². The van der Waals surface area contributed by atoms with Crippen LogP contribution >= 0.6 is 0 Å². The maximum atomic E-state index is 3.66. The number of likely N-dealkylation sites (N-methyl/N-ethyl adjacent to an activating group) is 1. The smallest absolute Gasteiger partial charge is 0.0186 e. The second kappa shape index (κ2) is 5.61. The van der Waals surface area contributed by atoms with E-state index >= 15 is 0 Å². The minimum Gasteiger partial charge on any atom is -0.312 e. The van der Waals surface area contributed by atoms with E-state index in [0.717, 1.165) is 12.6 Å². The zero-order chi connectivity index (χ0) is 9.68. The largest absolute Gasteiger partial charge is 0.312 e. The molecule has 1 rings (SSSR count). The number of nitrogens with one attached hydrogen (secondary N) is 1. The van der Waals surface area contributed by atoms with E-state index in [1.807, 2.05) is 0 Å². The van der Waals surface area contributed by atoms with Crippen molar-refractivity contribution in [1.82, 2.24) is 10.2 Å². The van der Waals surface area contributed by atoms with E-state index in [1.54, 1.807) is 0 Å². The van der Waals surface area contributed by atoms with Gasteiger partial charge in [-0.05, 0) is 33.9 Å². The molecule has 2 nitrogen and oxygen atoms in total. The van der Waals surface area contributed by atoms with Crippen molar-refractivity contribution < 1.29 is 0 Å². The van der Waals surface area contributed by atoms with Crippen molar-refractivity contribution in [3.63, 3.8) is 0 Å². The van der Waals surface area contributed by atoms with E-state index < -0.39 is 0 Å². The average molecular weight is 184 g/mol. The highest BCUT2D eigenvalue weighted by Gasteiger charge is 2.13. The SMILES string of the molecule is CC(CNC1CCCCC1)N(C)C. The lowest BCUT2D eigenvalue weighted by Gasteiger charge is -2.27. The lowest BCUT2D eigenvalue weighted by Crippen LogP contribution is -2.41. The quantitative estimate of drug-likeness (QED) is 0.717. The van der Waals surface area contributed by atoms with Crippen LogP contribution in [0.5, 0.6) is 0 Å². The molecule has 0 aliphatic heterocycles. The zero-order valence-electron chi connectivity index (χ0n) is 9.34. The summed E-state index contributed by atoms with van der Waals surface area (Å²) in [6.07, 6.45) is 7.07. The van der Waals surface area contributed by atoms with Crippen molar-refractivity contribution in [2.45, 2.75) is 51.1 Å². The maximum Gasteiger partial charge on any atom is 0.0186 e. The molecule has 0 amide bonds. The molecule has 1 fully saturated rings. The second-order valence-corrected chi connectivity index (χ2v) is 4.56. The first-order chi connectivity index (χ1) is 6.20. The molecular formula is C11H24N2. The summed E-state index contributed by atoms with van der Waals surface area (Å²) >= 11 is 0. The Morgan fingerprint density at radius 1 is 1.23 bits per heavy atom. The predicted octanol–water partition coefficient (Wildman–Crippen LogP) is 1.86. The molecule has 0 aromatic carbocycles. The van der Waals surface area contributed by atoms with E-state index in [0.29, 0.717) is 6.04 Å². The molecule has 1 aliphatic carbocycles. The van der Waals surface area contributed by atoms with Crippen molar-refractivity contribution >= 4 is 0 Å². The Morgan fingerprint density at radius 3 is 2.38 bits per heavy atom. The van der Waals surface area contributed by atoms with Crippen molar-refractivity contribution in [2.24, 2.45) is 0 Å². The fraction of sp³-hybridized carbons (Fsp3) is 1.00. The molecule has 1 N–H and O–H groups in total. The van der Waals surface area contributed by atoms with Crippen LogP contribution in [0.2, 0.25) is 0 Å². The van der Waals surface area contributed by atoms with Crippen LogP contribution in [0.1, 0.15) is 39.0 Å². The summed E-state index contributed by atoms with van der Waals surface area (Å²) in [6.45, 7) is 3.41. The van der Waals surface area contributed by atoms with Gasteiger partial charge in [-0.25, -0.2) is 0 Å². The minimum atomic E-state index is 0.655. The van der Waals surface area contributed by atoms with Gasteiger partial charge in [-0.1, -0.05) is 19.3 Å². The highest BCUT2D eigenvalue weighted by atomic mass is 15.1. The Kier molecular flexibility index (Phi) is 4.74. The van der Waals surface area contributed by atoms with Gasteiger partial charge in [-0.2, -0.15) is 0 Å². The Labute approximate surface area is 82.7 Å². The van der Waals surface area contributed by atoms with Crippen molar-refractivity contribution in [2.75, 3.05) is 20.6 Å². The van der Waals surface area contributed by atoms with E-state index in [4.69, 9.17) is 0 Å². The third-order valence-electron chi connectivity index (χ3n) is 3.19. The molecule has 0 heterocycles. The Balaban J connectivity index is 2.10. The molecule has 78 valence electrons.